The molecule has 2 aromatic rings. The highest BCUT2D eigenvalue weighted by molar-refractivity contribution is 5.94. The van der Waals surface area contributed by atoms with Gasteiger partial charge in [-0.2, -0.15) is 4.98 Å². The predicted molar refractivity (Wildman–Crippen MR) is 94.9 cm³/mol. The normalized spacial score (nSPS) is 11.0. The highest BCUT2D eigenvalue weighted by Gasteiger charge is 2.31. The van der Waals surface area contributed by atoms with Crippen molar-refractivity contribution in [3.8, 4) is 5.75 Å². The molecule has 0 spiro atoms. The first-order valence-corrected chi connectivity index (χ1v) is 8.24. The number of nitrogens with one attached hydrogen (secondary N) is 3. The SMILES string of the molecule is CCNc1cc(C)nc(NCCNC(=O)c2ccc(OC(F)(F)F)cc2)n1. The lowest BCUT2D eigenvalue weighted by atomic mass is 10.2. The maximum atomic E-state index is 12.1. The number of carbonyl (C=O) groups excluding carboxylic acids is 1. The second-order valence-corrected chi connectivity index (χ2v) is 5.50. The van der Waals surface area contributed by atoms with Gasteiger partial charge in [0, 0.05) is 37.0 Å². The van der Waals surface area contributed by atoms with E-state index in [1.165, 1.54) is 12.1 Å². The molecule has 2 rings (SSSR count). The molecule has 27 heavy (non-hydrogen) atoms. The van der Waals surface area contributed by atoms with Gasteiger partial charge < -0.3 is 20.7 Å². The number of benzene rings is 1. The predicted octanol–water partition coefficient (Wildman–Crippen LogP) is 2.96. The molecule has 1 aromatic heterocycles. The largest absolute Gasteiger partial charge is 0.573 e. The van der Waals surface area contributed by atoms with Gasteiger partial charge in [0.05, 0.1) is 0 Å². The van der Waals surface area contributed by atoms with Crippen molar-refractivity contribution in [2.45, 2.75) is 20.2 Å². The number of ether oxygens (including phenoxy) is 1. The lowest BCUT2D eigenvalue weighted by Gasteiger charge is -2.10. The van der Waals surface area contributed by atoms with E-state index < -0.39 is 12.3 Å². The van der Waals surface area contributed by atoms with Crippen molar-refractivity contribution in [1.82, 2.24) is 15.3 Å². The number of aromatic nitrogens is 2. The van der Waals surface area contributed by atoms with Crippen LogP contribution < -0.4 is 20.7 Å². The average Bonchev–Trinajstić information content (AvgIpc) is 2.57. The zero-order chi connectivity index (χ0) is 19.9. The maximum Gasteiger partial charge on any atom is 0.573 e. The standard InChI is InChI=1S/C17H20F3N5O2/c1-3-21-14-10-11(2)24-16(25-14)23-9-8-22-15(26)12-4-6-13(7-5-12)27-17(18,19)20/h4-7,10H,3,8-9H2,1-2H3,(H,22,26)(H2,21,23,24,25). The second kappa shape index (κ2) is 9.06. The number of rotatable bonds is 8. The topological polar surface area (TPSA) is 88.2 Å². The van der Waals surface area contributed by atoms with Crippen LogP contribution in [0.2, 0.25) is 0 Å². The summed E-state index contributed by atoms with van der Waals surface area (Å²) in [5.74, 6) is 0.356. The lowest BCUT2D eigenvalue weighted by molar-refractivity contribution is -0.274. The number of halogens is 3. The molecule has 0 saturated heterocycles. The first-order valence-electron chi connectivity index (χ1n) is 8.24. The summed E-state index contributed by atoms with van der Waals surface area (Å²) >= 11 is 0. The van der Waals surface area contributed by atoms with Gasteiger partial charge in [-0.05, 0) is 38.1 Å². The number of hydrogen-bond acceptors (Lipinski definition) is 6. The monoisotopic (exact) mass is 383 g/mol. The Hall–Kier alpha value is -3.04. The van der Waals surface area contributed by atoms with E-state index in [2.05, 4.69) is 30.7 Å². The minimum atomic E-state index is -4.76. The van der Waals surface area contributed by atoms with Crippen molar-refractivity contribution in [2.75, 3.05) is 30.3 Å². The molecule has 1 aromatic carbocycles. The van der Waals surface area contributed by atoms with E-state index in [9.17, 15) is 18.0 Å². The minimum Gasteiger partial charge on any atom is -0.406 e. The number of carbonyl (C=O) groups is 1. The number of aryl methyl sites for hydroxylation is 1. The first kappa shape index (κ1) is 20.3. The molecule has 0 fully saturated rings. The van der Waals surface area contributed by atoms with Gasteiger partial charge in [0.25, 0.3) is 5.91 Å². The molecular weight excluding hydrogens is 363 g/mol. The molecule has 0 bridgehead atoms. The highest BCUT2D eigenvalue weighted by atomic mass is 19.4. The Morgan fingerprint density at radius 3 is 2.44 bits per heavy atom. The summed E-state index contributed by atoms with van der Waals surface area (Å²) in [6, 6.07) is 6.52. The van der Waals surface area contributed by atoms with Crippen LogP contribution in [0.3, 0.4) is 0 Å². The maximum absolute atomic E-state index is 12.1. The van der Waals surface area contributed by atoms with Gasteiger partial charge in [-0.1, -0.05) is 0 Å². The average molecular weight is 383 g/mol. The molecule has 0 atom stereocenters. The Morgan fingerprint density at radius 1 is 1.11 bits per heavy atom. The van der Waals surface area contributed by atoms with Gasteiger partial charge in [-0.15, -0.1) is 13.2 Å². The fraction of sp³-hybridized carbons (Fsp3) is 0.353. The summed E-state index contributed by atoms with van der Waals surface area (Å²) in [6.07, 6.45) is -4.76. The highest BCUT2D eigenvalue weighted by Crippen LogP contribution is 2.22. The summed E-state index contributed by atoms with van der Waals surface area (Å²) in [6.45, 7) is 5.21. The Labute approximate surface area is 154 Å². The lowest BCUT2D eigenvalue weighted by Crippen LogP contribution is -2.29. The third-order valence-electron chi connectivity index (χ3n) is 3.26. The van der Waals surface area contributed by atoms with E-state index in [4.69, 9.17) is 0 Å². The van der Waals surface area contributed by atoms with Crippen molar-refractivity contribution in [2.24, 2.45) is 0 Å². The van der Waals surface area contributed by atoms with Gasteiger partial charge in [0.2, 0.25) is 5.95 Å². The van der Waals surface area contributed by atoms with Crippen LogP contribution in [0.5, 0.6) is 5.75 Å². The number of hydrogen-bond donors (Lipinski definition) is 3. The van der Waals surface area contributed by atoms with E-state index in [1.807, 2.05) is 19.9 Å². The number of alkyl halides is 3. The van der Waals surface area contributed by atoms with E-state index >= 15 is 0 Å². The molecule has 7 nitrogen and oxygen atoms in total. The number of nitrogens with zero attached hydrogens (tertiary/aromatic N) is 2. The van der Waals surface area contributed by atoms with Crippen LogP contribution in [-0.4, -0.2) is 41.9 Å². The molecule has 3 N–H and O–H groups in total. The summed E-state index contributed by atoms with van der Waals surface area (Å²) in [5.41, 5.74) is 1.03. The molecule has 146 valence electrons. The van der Waals surface area contributed by atoms with Gasteiger partial charge in [0.15, 0.2) is 0 Å². The van der Waals surface area contributed by atoms with E-state index in [1.54, 1.807) is 0 Å². The van der Waals surface area contributed by atoms with Crippen LogP contribution in [-0.2, 0) is 0 Å². The smallest absolute Gasteiger partial charge is 0.406 e. The fourth-order valence-electron chi connectivity index (χ4n) is 2.18. The molecule has 0 radical (unpaired) electrons. The summed E-state index contributed by atoms with van der Waals surface area (Å²) in [4.78, 5) is 20.5. The van der Waals surface area contributed by atoms with Crippen LogP contribution in [0.15, 0.2) is 30.3 Å². The number of anilines is 2. The summed E-state index contributed by atoms with van der Waals surface area (Å²) in [5, 5.41) is 8.76. The van der Waals surface area contributed by atoms with Gasteiger partial charge in [-0.3, -0.25) is 4.79 Å². The Kier molecular flexibility index (Phi) is 6.80. The first-order chi connectivity index (χ1) is 12.8. The molecule has 1 heterocycles. The third kappa shape index (κ3) is 7.00. The zero-order valence-corrected chi connectivity index (χ0v) is 14.9. The Balaban J connectivity index is 1.81. The van der Waals surface area contributed by atoms with E-state index in [0.717, 1.165) is 24.4 Å². The molecule has 0 saturated carbocycles. The minimum absolute atomic E-state index is 0.228. The van der Waals surface area contributed by atoms with Crippen LogP contribution in [0.1, 0.15) is 23.0 Å². The fourth-order valence-corrected chi connectivity index (χ4v) is 2.18. The Morgan fingerprint density at radius 2 is 1.81 bits per heavy atom. The van der Waals surface area contributed by atoms with Crippen molar-refractivity contribution in [3.05, 3.63) is 41.6 Å². The van der Waals surface area contributed by atoms with Crippen molar-refractivity contribution >= 4 is 17.7 Å². The molecular formula is C17H20F3N5O2. The van der Waals surface area contributed by atoms with Crippen LogP contribution in [0, 0.1) is 6.92 Å². The third-order valence-corrected chi connectivity index (χ3v) is 3.26. The van der Waals surface area contributed by atoms with Gasteiger partial charge in [0.1, 0.15) is 11.6 Å². The van der Waals surface area contributed by atoms with Crippen molar-refractivity contribution in [3.63, 3.8) is 0 Å². The van der Waals surface area contributed by atoms with Crippen molar-refractivity contribution in [1.29, 1.82) is 0 Å². The van der Waals surface area contributed by atoms with Crippen LogP contribution in [0.4, 0.5) is 24.9 Å². The zero-order valence-electron chi connectivity index (χ0n) is 14.9. The molecule has 0 aliphatic carbocycles. The molecule has 1 amide bonds. The van der Waals surface area contributed by atoms with Gasteiger partial charge >= 0.3 is 6.36 Å². The number of amides is 1. The van der Waals surface area contributed by atoms with E-state index in [-0.39, 0.29) is 17.9 Å². The molecule has 0 aliphatic heterocycles. The van der Waals surface area contributed by atoms with Crippen LogP contribution in [0.25, 0.3) is 0 Å². The van der Waals surface area contributed by atoms with Crippen molar-refractivity contribution < 1.29 is 22.7 Å². The van der Waals surface area contributed by atoms with E-state index in [0.29, 0.717) is 18.3 Å². The quantitative estimate of drug-likeness (QED) is 0.608. The van der Waals surface area contributed by atoms with Gasteiger partial charge in [-0.25, -0.2) is 4.98 Å². The summed E-state index contributed by atoms with van der Waals surface area (Å²) in [7, 11) is 0. The summed E-state index contributed by atoms with van der Waals surface area (Å²) < 4.78 is 40.1. The second-order valence-electron chi connectivity index (χ2n) is 5.50. The molecule has 0 unspecified atom stereocenters. The molecule has 10 heteroatoms. The molecule has 0 aliphatic rings. The Bertz CT molecular complexity index is 766. The van der Waals surface area contributed by atoms with Crippen LogP contribution >= 0.6 is 0 Å².